The van der Waals surface area contributed by atoms with Crippen LogP contribution in [0.5, 0.6) is 0 Å². The Hall–Kier alpha value is -0.990. The number of rotatable bonds is 3. The maximum atomic E-state index is 7.89. The van der Waals surface area contributed by atoms with E-state index in [2.05, 4.69) is 5.32 Å². The van der Waals surface area contributed by atoms with Gasteiger partial charge in [-0.05, 0) is 18.9 Å². The van der Waals surface area contributed by atoms with Crippen molar-refractivity contribution in [1.29, 1.82) is 5.41 Å². The zero-order valence-corrected chi connectivity index (χ0v) is 10.8. The van der Waals surface area contributed by atoms with E-state index >= 15 is 0 Å². The maximum absolute atomic E-state index is 7.89. The third-order valence-corrected chi connectivity index (χ3v) is 3.08. The third kappa shape index (κ3) is 4.25. The Bertz CT molecular complexity index is 267. The summed E-state index contributed by atoms with van der Waals surface area (Å²) in [6.07, 6.45) is 8.10. The van der Waals surface area contributed by atoms with Crippen LogP contribution in [0.25, 0.3) is 0 Å². The molecule has 0 saturated heterocycles. The van der Waals surface area contributed by atoms with Crippen molar-refractivity contribution in [1.82, 2.24) is 5.32 Å². The molecule has 0 unspecified atom stereocenters. The average molecular weight is 223 g/mol. The first-order valence-corrected chi connectivity index (χ1v) is 6.22. The van der Waals surface area contributed by atoms with Crippen molar-refractivity contribution >= 4 is 5.71 Å². The molecule has 0 heterocycles. The van der Waals surface area contributed by atoms with Crippen LogP contribution in [0.4, 0.5) is 0 Å². The summed E-state index contributed by atoms with van der Waals surface area (Å²) >= 11 is 0. The fourth-order valence-corrected chi connectivity index (χ4v) is 1.90. The number of hydrogen-bond donors (Lipinski definition) is 3. The highest BCUT2D eigenvalue weighted by Gasteiger charge is 2.17. The number of nitrogens with two attached hydrogens (primary N) is 1. The molecule has 0 bridgehead atoms. The van der Waals surface area contributed by atoms with Gasteiger partial charge in [0.25, 0.3) is 0 Å². The molecule has 3 nitrogen and oxygen atoms in total. The Morgan fingerprint density at radius 3 is 2.31 bits per heavy atom. The molecule has 3 heteroatoms. The molecule has 1 saturated carbocycles. The van der Waals surface area contributed by atoms with E-state index in [9.17, 15) is 0 Å². The molecule has 0 spiro atoms. The smallest absolute Gasteiger partial charge is 0.0980 e. The van der Waals surface area contributed by atoms with Crippen LogP contribution in [0.15, 0.2) is 11.9 Å². The van der Waals surface area contributed by atoms with Crippen molar-refractivity contribution in [3.8, 4) is 0 Å². The zero-order chi connectivity index (χ0) is 12.2. The second-order valence-corrected chi connectivity index (χ2v) is 5.74. The molecule has 0 radical (unpaired) electrons. The normalized spacial score (nSPS) is 19.6. The van der Waals surface area contributed by atoms with E-state index in [0.29, 0.717) is 17.6 Å². The lowest BCUT2D eigenvalue weighted by Crippen LogP contribution is -2.34. The van der Waals surface area contributed by atoms with Crippen molar-refractivity contribution in [3.05, 3.63) is 11.9 Å². The van der Waals surface area contributed by atoms with Gasteiger partial charge in [0.05, 0.1) is 5.82 Å². The number of hydrogen-bond acceptors (Lipinski definition) is 3. The first kappa shape index (κ1) is 13.1. The first-order chi connectivity index (χ1) is 7.39. The summed E-state index contributed by atoms with van der Waals surface area (Å²) < 4.78 is 0. The standard InChI is InChI=1S/C13H25N3/c1-13(2,3)11(14)9-12(15)16-10-7-5-4-6-8-10/h9-10,14,16H,4-8,15H2,1-3H3/b12-9-,14-11?. The topological polar surface area (TPSA) is 61.9 Å². The first-order valence-electron chi connectivity index (χ1n) is 6.22. The van der Waals surface area contributed by atoms with Crippen LogP contribution in [0.1, 0.15) is 52.9 Å². The summed E-state index contributed by atoms with van der Waals surface area (Å²) in [5, 5.41) is 11.2. The summed E-state index contributed by atoms with van der Waals surface area (Å²) in [7, 11) is 0. The Morgan fingerprint density at radius 2 is 1.81 bits per heavy atom. The van der Waals surface area contributed by atoms with Gasteiger partial charge in [0.15, 0.2) is 0 Å². The van der Waals surface area contributed by atoms with Crippen molar-refractivity contribution in [2.45, 2.75) is 58.9 Å². The van der Waals surface area contributed by atoms with Gasteiger partial charge in [-0.2, -0.15) is 0 Å². The molecule has 1 fully saturated rings. The van der Waals surface area contributed by atoms with Gasteiger partial charge in [0.2, 0.25) is 0 Å². The highest BCUT2D eigenvalue weighted by Crippen LogP contribution is 2.19. The molecule has 0 aliphatic heterocycles. The van der Waals surface area contributed by atoms with Crippen molar-refractivity contribution < 1.29 is 0 Å². The molecule has 92 valence electrons. The summed E-state index contributed by atoms with van der Waals surface area (Å²) in [6, 6.07) is 0.512. The predicted octanol–water partition coefficient (Wildman–Crippen LogP) is 2.77. The Morgan fingerprint density at radius 1 is 1.25 bits per heavy atom. The van der Waals surface area contributed by atoms with E-state index in [1.165, 1.54) is 32.1 Å². The lowest BCUT2D eigenvalue weighted by atomic mass is 9.90. The maximum Gasteiger partial charge on any atom is 0.0980 e. The van der Waals surface area contributed by atoms with E-state index in [1.54, 1.807) is 6.08 Å². The molecule has 1 aliphatic carbocycles. The van der Waals surface area contributed by atoms with Gasteiger partial charge in [-0.15, -0.1) is 0 Å². The minimum Gasteiger partial charge on any atom is -0.385 e. The summed E-state index contributed by atoms with van der Waals surface area (Å²) in [4.78, 5) is 0. The fraction of sp³-hybridized carbons (Fsp3) is 0.769. The lowest BCUT2D eigenvalue weighted by molar-refractivity contribution is 0.395. The Labute approximate surface area is 99.0 Å². The highest BCUT2D eigenvalue weighted by molar-refractivity contribution is 5.96. The lowest BCUT2D eigenvalue weighted by Gasteiger charge is -2.24. The molecule has 0 aromatic heterocycles. The van der Waals surface area contributed by atoms with Crippen LogP contribution >= 0.6 is 0 Å². The highest BCUT2D eigenvalue weighted by atomic mass is 15.0. The van der Waals surface area contributed by atoms with Crippen LogP contribution in [0, 0.1) is 10.8 Å². The molecule has 16 heavy (non-hydrogen) atoms. The molecule has 1 rings (SSSR count). The molecular weight excluding hydrogens is 198 g/mol. The van der Waals surface area contributed by atoms with Gasteiger partial charge in [-0.25, -0.2) is 0 Å². The summed E-state index contributed by atoms with van der Waals surface area (Å²) in [5.74, 6) is 0.645. The van der Waals surface area contributed by atoms with Gasteiger partial charge in [0, 0.05) is 17.2 Å². The van der Waals surface area contributed by atoms with Crippen LogP contribution in [0.2, 0.25) is 0 Å². The molecule has 0 amide bonds. The average Bonchev–Trinajstić information content (AvgIpc) is 2.17. The van der Waals surface area contributed by atoms with E-state index in [0.717, 1.165) is 0 Å². The molecule has 4 N–H and O–H groups in total. The summed E-state index contributed by atoms with van der Waals surface area (Å²) in [5.41, 5.74) is 6.36. The minimum absolute atomic E-state index is 0.126. The number of allylic oxidation sites excluding steroid dienone is 1. The second kappa shape index (κ2) is 5.37. The van der Waals surface area contributed by atoms with Gasteiger partial charge < -0.3 is 16.5 Å². The quantitative estimate of drug-likeness (QED) is 0.644. The molecular formula is C13H25N3. The van der Waals surface area contributed by atoms with Crippen molar-refractivity contribution in [3.63, 3.8) is 0 Å². The van der Waals surface area contributed by atoms with E-state index < -0.39 is 0 Å². The molecule has 0 aromatic carbocycles. The molecule has 1 aliphatic rings. The Kier molecular flexibility index (Phi) is 4.39. The fourth-order valence-electron chi connectivity index (χ4n) is 1.90. The van der Waals surface area contributed by atoms with Crippen LogP contribution < -0.4 is 11.1 Å². The van der Waals surface area contributed by atoms with Gasteiger partial charge in [0.1, 0.15) is 0 Å². The Balaban J connectivity index is 2.47. The zero-order valence-electron chi connectivity index (χ0n) is 10.8. The van der Waals surface area contributed by atoms with Crippen LogP contribution in [-0.4, -0.2) is 11.8 Å². The van der Waals surface area contributed by atoms with E-state index in [-0.39, 0.29) is 5.41 Å². The van der Waals surface area contributed by atoms with Gasteiger partial charge in [-0.3, -0.25) is 0 Å². The van der Waals surface area contributed by atoms with Crippen molar-refractivity contribution in [2.75, 3.05) is 0 Å². The molecule has 0 aromatic rings. The van der Waals surface area contributed by atoms with E-state index in [1.807, 2.05) is 20.8 Å². The SMILES string of the molecule is CC(C)(C)C(=N)/C=C(/N)NC1CCCCC1. The second-order valence-electron chi connectivity index (χ2n) is 5.74. The van der Waals surface area contributed by atoms with Crippen LogP contribution in [-0.2, 0) is 0 Å². The minimum atomic E-state index is -0.126. The molecule has 0 atom stereocenters. The van der Waals surface area contributed by atoms with E-state index in [4.69, 9.17) is 11.1 Å². The largest absolute Gasteiger partial charge is 0.385 e. The van der Waals surface area contributed by atoms with Gasteiger partial charge >= 0.3 is 0 Å². The van der Waals surface area contributed by atoms with Crippen molar-refractivity contribution in [2.24, 2.45) is 11.1 Å². The van der Waals surface area contributed by atoms with Crippen LogP contribution in [0.3, 0.4) is 0 Å². The third-order valence-electron chi connectivity index (χ3n) is 3.08. The predicted molar refractivity (Wildman–Crippen MR) is 69.5 cm³/mol. The number of nitrogens with one attached hydrogen (secondary N) is 2. The monoisotopic (exact) mass is 223 g/mol. The summed E-state index contributed by atoms with van der Waals surface area (Å²) in [6.45, 7) is 6.08. The van der Waals surface area contributed by atoms with Gasteiger partial charge in [-0.1, -0.05) is 40.0 Å².